The van der Waals surface area contributed by atoms with Gasteiger partial charge in [-0.3, -0.25) is 9.69 Å². The number of piperazine rings is 1. The molecule has 0 aliphatic carbocycles. The lowest BCUT2D eigenvalue weighted by Gasteiger charge is -2.38. The Morgan fingerprint density at radius 2 is 2.05 bits per heavy atom. The average molecular weight is 308 g/mol. The molecule has 19 heavy (non-hydrogen) atoms. The summed E-state index contributed by atoms with van der Waals surface area (Å²) in [4.78, 5) is 16.8. The van der Waals surface area contributed by atoms with E-state index in [1.807, 2.05) is 6.92 Å². The number of carbonyl (C=O) groups is 1. The topological polar surface area (TPSA) is 35.6 Å². The van der Waals surface area contributed by atoms with Gasteiger partial charge in [0.25, 0.3) is 0 Å². The fraction of sp³-hybridized carbons (Fsp3) is 0.923. The molecule has 1 N–H and O–H groups in total. The maximum atomic E-state index is 12.2. The number of thioether (sulfide) groups is 1. The van der Waals surface area contributed by atoms with Crippen molar-refractivity contribution in [3.05, 3.63) is 0 Å². The molecule has 2 fully saturated rings. The lowest BCUT2D eigenvalue weighted by Crippen LogP contribution is -2.53. The summed E-state index contributed by atoms with van der Waals surface area (Å²) in [5.74, 6) is 1.44. The molecule has 0 aromatic rings. The van der Waals surface area contributed by atoms with Gasteiger partial charge in [0.15, 0.2) is 0 Å². The van der Waals surface area contributed by atoms with Crippen molar-refractivity contribution in [3.63, 3.8) is 0 Å². The van der Waals surface area contributed by atoms with E-state index < -0.39 is 0 Å². The van der Waals surface area contributed by atoms with E-state index in [0.29, 0.717) is 11.9 Å². The van der Waals surface area contributed by atoms with E-state index in [4.69, 9.17) is 0 Å². The van der Waals surface area contributed by atoms with Gasteiger partial charge in [0.05, 0.1) is 0 Å². The Labute approximate surface area is 127 Å². The van der Waals surface area contributed by atoms with Crippen LogP contribution in [0.4, 0.5) is 0 Å². The Morgan fingerprint density at radius 1 is 1.37 bits per heavy atom. The summed E-state index contributed by atoms with van der Waals surface area (Å²) in [6, 6.07) is 0.700. The van der Waals surface area contributed by atoms with Crippen molar-refractivity contribution < 1.29 is 4.79 Å². The summed E-state index contributed by atoms with van der Waals surface area (Å²) < 4.78 is 0. The third kappa shape index (κ3) is 4.52. The molecule has 112 valence electrons. The van der Waals surface area contributed by atoms with Gasteiger partial charge in [-0.25, -0.2) is 0 Å². The molecular formula is C13H26ClN3OS. The Balaban J connectivity index is 0.00000180. The van der Waals surface area contributed by atoms with Gasteiger partial charge < -0.3 is 10.2 Å². The third-order valence-electron chi connectivity index (χ3n) is 4.01. The van der Waals surface area contributed by atoms with Crippen LogP contribution in [0.5, 0.6) is 0 Å². The van der Waals surface area contributed by atoms with E-state index in [1.165, 1.54) is 6.42 Å². The standard InChI is InChI=1S/C13H25N3OS.ClH/c1-11(10-18-2)13(17)16-7-5-15(6-8-16)12-3-4-14-9-12;/h11-12,14H,3-10H2,1-2H3;1H. The maximum absolute atomic E-state index is 12.2. The summed E-state index contributed by atoms with van der Waals surface area (Å²) >= 11 is 1.76. The van der Waals surface area contributed by atoms with E-state index in [-0.39, 0.29) is 18.3 Å². The van der Waals surface area contributed by atoms with E-state index in [9.17, 15) is 4.79 Å². The van der Waals surface area contributed by atoms with Crippen molar-refractivity contribution in [2.75, 3.05) is 51.3 Å². The normalized spacial score (nSPS) is 26.0. The molecule has 0 bridgehead atoms. The van der Waals surface area contributed by atoms with E-state index >= 15 is 0 Å². The maximum Gasteiger partial charge on any atom is 0.226 e. The van der Waals surface area contributed by atoms with Crippen LogP contribution in [0, 0.1) is 5.92 Å². The summed E-state index contributed by atoms with van der Waals surface area (Å²) in [5, 5.41) is 3.41. The molecule has 1 amide bonds. The third-order valence-corrected chi connectivity index (χ3v) is 4.85. The lowest BCUT2D eigenvalue weighted by atomic mass is 10.1. The predicted octanol–water partition coefficient (Wildman–Crippen LogP) is 0.913. The molecule has 2 saturated heterocycles. The second-order valence-corrected chi connectivity index (χ2v) is 6.27. The van der Waals surface area contributed by atoms with Crippen LogP contribution >= 0.6 is 24.2 Å². The first-order chi connectivity index (χ1) is 8.72. The molecule has 2 heterocycles. The van der Waals surface area contributed by atoms with Crippen LogP contribution in [0.25, 0.3) is 0 Å². The van der Waals surface area contributed by atoms with Gasteiger partial charge in [-0.15, -0.1) is 12.4 Å². The molecule has 0 spiro atoms. The van der Waals surface area contributed by atoms with Crippen molar-refractivity contribution in [1.29, 1.82) is 0 Å². The Bertz CT molecular complexity index is 279. The molecule has 2 unspecified atom stereocenters. The molecule has 2 rings (SSSR count). The fourth-order valence-electron chi connectivity index (χ4n) is 2.89. The van der Waals surface area contributed by atoms with Crippen molar-refractivity contribution in [3.8, 4) is 0 Å². The van der Waals surface area contributed by atoms with Crippen molar-refractivity contribution in [2.24, 2.45) is 5.92 Å². The molecule has 0 aromatic carbocycles. The summed E-state index contributed by atoms with van der Waals surface area (Å²) in [6.45, 7) is 8.23. The Hall–Kier alpha value is 0.0300. The number of hydrogen-bond donors (Lipinski definition) is 1. The van der Waals surface area contributed by atoms with Crippen LogP contribution in [0.2, 0.25) is 0 Å². The van der Waals surface area contributed by atoms with Crippen LogP contribution in [-0.4, -0.2) is 73.0 Å². The smallest absolute Gasteiger partial charge is 0.226 e. The molecule has 0 aromatic heterocycles. The molecule has 6 heteroatoms. The number of rotatable bonds is 4. The molecular weight excluding hydrogens is 282 g/mol. The minimum Gasteiger partial charge on any atom is -0.340 e. The van der Waals surface area contributed by atoms with E-state index in [2.05, 4.69) is 21.4 Å². The highest BCUT2D eigenvalue weighted by atomic mass is 35.5. The SMILES string of the molecule is CSCC(C)C(=O)N1CCN(C2CCNC2)CC1.Cl. The average Bonchev–Trinajstić information content (AvgIpc) is 2.92. The highest BCUT2D eigenvalue weighted by Gasteiger charge is 2.29. The highest BCUT2D eigenvalue weighted by Crippen LogP contribution is 2.15. The van der Waals surface area contributed by atoms with Gasteiger partial charge in [-0.05, 0) is 19.2 Å². The number of carbonyl (C=O) groups excluding carboxylic acids is 1. The zero-order valence-electron chi connectivity index (χ0n) is 11.9. The van der Waals surface area contributed by atoms with Gasteiger partial charge in [0, 0.05) is 50.4 Å². The zero-order chi connectivity index (χ0) is 13.0. The van der Waals surface area contributed by atoms with Gasteiger partial charge in [-0.2, -0.15) is 11.8 Å². The Morgan fingerprint density at radius 3 is 2.58 bits per heavy atom. The number of nitrogens with one attached hydrogen (secondary N) is 1. The van der Waals surface area contributed by atoms with Gasteiger partial charge in [-0.1, -0.05) is 6.92 Å². The molecule has 4 nitrogen and oxygen atoms in total. The van der Waals surface area contributed by atoms with Crippen molar-refractivity contribution in [1.82, 2.24) is 15.1 Å². The summed E-state index contributed by atoms with van der Waals surface area (Å²) in [6.07, 6.45) is 3.33. The zero-order valence-corrected chi connectivity index (χ0v) is 13.6. The first-order valence-electron chi connectivity index (χ1n) is 6.95. The molecule has 2 aliphatic rings. The van der Waals surface area contributed by atoms with E-state index in [1.54, 1.807) is 11.8 Å². The largest absolute Gasteiger partial charge is 0.340 e. The number of halogens is 1. The predicted molar refractivity (Wildman–Crippen MR) is 84.2 cm³/mol. The van der Waals surface area contributed by atoms with Gasteiger partial charge in [0.1, 0.15) is 0 Å². The minimum atomic E-state index is 0. The Kier molecular flexibility index (Phi) is 7.50. The highest BCUT2D eigenvalue weighted by molar-refractivity contribution is 7.98. The number of amides is 1. The first kappa shape index (κ1) is 17.1. The van der Waals surface area contributed by atoms with Crippen LogP contribution in [0.15, 0.2) is 0 Å². The monoisotopic (exact) mass is 307 g/mol. The van der Waals surface area contributed by atoms with E-state index in [0.717, 1.165) is 45.0 Å². The van der Waals surface area contributed by atoms with Crippen molar-refractivity contribution >= 4 is 30.1 Å². The van der Waals surface area contributed by atoms with Crippen LogP contribution in [0.3, 0.4) is 0 Å². The second-order valence-electron chi connectivity index (χ2n) is 5.36. The molecule has 0 radical (unpaired) electrons. The van der Waals surface area contributed by atoms with Gasteiger partial charge >= 0.3 is 0 Å². The molecule has 2 aliphatic heterocycles. The molecule has 0 saturated carbocycles. The van der Waals surface area contributed by atoms with Crippen molar-refractivity contribution in [2.45, 2.75) is 19.4 Å². The number of nitrogens with zero attached hydrogens (tertiary/aromatic N) is 2. The van der Waals surface area contributed by atoms with Gasteiger partial charge in [0.2, 0.25) is 5.91 Å². The summed E-state index contributed by atoms with van der Waals surface area (Å²) in [5.41, 5.74) is 0. The van der Waals surface area contributed by atoms with Crippen LogP contribution in [-0.2, 0) is 4.79 Å². The molecule has 2 atom stereocenters. The van der Waals surface area contributed by atoms with Crippen LogP contribution < -0.4 is 5.32 Å². The first-order valence-corrected chi connectivity index (χ1v) is 8.34. The minimum absolute atomic E-state index is 0. The quantitative estimate of drug-likeness (QED) is 0.837. The second kappa shape index (κ2) is 8.35. The fourth-order valence-corrected chi connectivity index (χ4v) is 3.53. The lowest BCUT2D eigenvalue weighted by molar-refractivity contribution is -0.136. The number of hydrogen-bond acceptors (Lipinski definition) is 4. The van der Waals surface area contributed by atoms with Crippen LogP contribution in [0.1, 0.15) is 13.3 Å². The summed E-state index contributed by atoms with van der Waals surface area (Å²) in [7, 11) is 0.